The molecule has 1 aliphatic heterocycles. The first-order chi connectivity index (χ1) is 2.43. The van der Waals surface area contributed by atoms with Crippen molar-refractivity contribution in [3.8, 4) is 0 Å². The standard InChI is InChI=1S/C3H5O.Sn/c1-3-2-4-3;/h3H,1-2H2;. The summed E-state index contributed by atoms with van der Waals surface area (Å²) in [6.07, 6.45) is 0.674. The molecule has 0 bridgehead atoms. The second-order valence-electron chi connectivity index (χ2n) is 1.16. The van der Waals surface area contributed by atoms with Gasteiger partial charge in [-0.2, -0.15) is 0 Å². The van der Waals surface area contributed by atoms with Crippen LogP contribution in [0.4, 0.5) is 0 Å². The van der Waals surface area contributed by atoms with Crippen LogP contribution in [0.15, 0.2) is 0 Å². The molecule has 0 aromatic rings. The van der Waals surface area contributed by atoms with E-state index in [1.807, 2.05) is 0 Å². The van der Waals surface area contributed by atoms with Crippen LogP contribution in [0.25, 0.3) is 0 Å². The van der Waals surface area contributed by atoms with Crippen LogP contribution in [0.3, 0.4) is 0 Å². The van der Waals surface area contributed by atoms with Gasteiger partial charge < -0.3 is 0 Å². The van der Waals surface area contributed by atoms with Crippen LogP contribution >= 0.6 is 0 Å². The van der Waals surface area contributed by atoms with Gasteiger partial charge in [-0.25, -0.2) is 0 Å². The third-order valence-corrected chi connectivity index (χ3v) is 1.93. The van der Waals surface area contributed by atoms with Gasteiger partial charge in [-0.05, 0) is 0 Å². The molecule has 1 unspecified atom stereocenters. The molecule has 1 nitrogen and oxygen atoms in total. The van der Waals surface area contributed by atoms with Crippen molar-refractivity contribution in [2.24, 2.45) is 0 Å². The Bertz CT molecular complexity index is 33.9. The van der Waals surface area contributed by atoms with Gasteiger partial charge in [-0.15, -0.1) is 0 Å². The number of hydrogen-bond acceptors (Lipinski definition) is 1. The Labute approximate surface area is 44.8 Å². The molecule has 1 saturated heterocycles. The van der Waals surface area contributed by atoms with Crippen molar-refractivity contribution < 1.29 is 4.74 Å². The summed E-state index contributed by atoms with van der Waals surface area (Å²) in [5.74, 6) is 0. The molecule has 1 fully saturated rings. The van der Waals surface area contributed by atoms with Gasteiger partial charge in [-0.3, -0.25) is 0 Å². The molecule has 0 aromatic carbocycles. The number of ether oxygens (including phenoxy) is 1. The van der Waals surface area contributed by atoms with E-state index in [0.29, 0.717) is 6.10 Å². The van der Waals surface area contributed by atoms with Crippen LogP contribution < -0.4 is 0 Å². The molecule has 0 saturated carbocycles. The molecule has 0 amide bonds. The van der Waals surface area contributed by atoms with Gasteiger partial charge in [0.25, 0.3) is 0 Å². The van der Waals surface area contributed by atoms with Crippen LogP contribution in [0.1, 0.15) is 0 Å². The molecule has 1 heterocycles. The SMILES string of the molecule is [Sn][CH2]C1CO1. The van der Waals surface area contributed by atoms with Crippen molar-refractivity contribution in [2.75, 3.05) is 6.61 Å². The first-order valence-electron chi connectivity index (χ1n) is 1.69. The molecule has 1 aliphatic rings. The van der Waals surface area contributed by atoms with E-state index >= 15 is 0 Å². The molecule has 1 rings (SSSR count). The van der Waals surface area contributed by atoms with E-state index in [2.05, 4.69) is 0 Å². The van der Waals surface area contributed by atoms with Gasteiger partial charge in [0.1, 0.15) is 0 Å². The molecule has 0 aromatic heterocycles. The van der Waals surface area contributed by atoms with Crippen molar-refractivity contribution in [3.05, 3.63) is 0 Å². The van der Waals surface area contributed by atoms with Gasteiger partial charge in [-0.1, -0.05) is 0 Å². The quantitative estimate of drug-likeness (QED) is 0.403. The van der Waals surface area contributed by atoms with E-state index in [4.69, 9.17) is 4.74 Å². The molecule has 0 spiro atoms. The minimum atomic E-state index is 0.674. The molecule has 3 radical (unpaired) electrons. The Morgan fingerprint density at radius 1 is 2.00 bits per heavy atom. The molecule has 27 valence electrons. The summed E-state index contributed by atoms with van der Waals surface area (Å²) < 4.78 is 6.16. The van der Waals surface area contributed by atoms with Crippen molar-refractivity contribution in [2.45, 2.75) is 10.5 Å². The number of hydrogen-bond donors (Lipinski definition) is 0. The Morgan fingerprint density at radius 2 is 2.60 bits per heavy atom. The van der Waals surface area contributed by atoms with Gasteiger partial charge in [0.05, 0.1) is 0 Å². The fourth-order valence-corrected chi connectivity index (χ4v) is 0.859. The van der Waals surface area contributed by atoms with Crippen LogP contribution in [0, 0.1) is 0 Å². The maximum absolute atomic E-state index is 4.88. The summed E-state index contributed by atoms with van der Waals surface area (Å²) >= 11 is 1.60. The summed E-state index contributed by atoms with van der Waals surface area (Å²) in [4.78, 5) is 0. The van der Waals surface area contributed by atoms with E-state index in [0.717, 1.165) is 6.61 Å². The summed E-state index contributed by atoms with van der Waals surface area (Å²) in [7, 11) is 0. The average molecular weight is 176 g/mol. The van der Waals surface area contributed by atoms with Gasteiger partial charge in [0.15, 0.2) is 0 Å². The Hall–Kier alpha value is 0.759. The molecule has 2 heteroatoms. The van der Waals surface area contributed by atoms with Gasteiger partial charge >= 0.3 is 44.4 Å². The monoisotopic (exact) mass is 177 g/mol. The maximum atomic E-state index is 4.88. The fourth-order valence-electron chi connectivity index (χ4n) is 0.186. The molecule has 1 atom stereocenters. The third-order valence-electron chi connectivity index (χ3n) is 0.630. The van der Waals surface area contributed by atoms with Crippen molar-refractivity contribution in [3.63, 3.8) is 0 Å². The fraction of sp³-hybridized carbons (Fsp3) is 1.00. The van der Waals surface area contributed by atoms with E-state index in [1.54, 1.807) is 22.5 Å². The second kappa shape index (κ2) is 1.47. The molecular formula is C3H5OSn. The van der Waals surface area contributed by atoms with Crippen molar-refractivity contribution >= 4 is 22.5 Å². The summed E-state index contributed by atoms with van der Waals surface area (Å²) in [5, 5.41) is 0. The predicted octanol–water partition coefficient (Wildman–Crippen LogP) is -0.0280. The van der Waals surface area contributed by atoms with Crippen molar-refractivity contribution in [1.82, 2.24) is 0 Å². The van der Waals surface area contributed by atoms with Crippen LogP contribution in [-0.4, -0.2) is 35.2 Å². The number of rotatable bonds is 1. The summed E-state index contributed by atoms with van der Waals surface area (Å²) in [5.41, 5.74) is 0. The first-order valence-corrected chi connectivity index (χ1v) is 3.71. The third kappa shape index (κ3) is 1.09. The molecular weight excluding hydrogens is 171 g/mol. The Morgan fingerprint density at radius 3 is 2.60 bits per heavy atom. The van der Waals surface area contributed by atoms with Crippen LogP contribution in [-0.2, 0) is 4.74 Å². The van der Waals surface area contributed by atoms with E-state index in [9.17, 15) is 0 Å². The molecule has 5 heavy (non-hydrogen) atoms. The number of epoxide rings is 1. The zero-order chi connectivity index (χ0) is 3.70. The Kier molecular flexibility index (Phi) is 1.16. The summed E-state index contributed by atoms with van der Waals surface area (Å²) in [6, 6.07) is 0. The normalized spacial score (nSPS) is 34.2. The molecule has 0 aliphatic carbocycles. The Balaban J connectivity index is 2.00. The zero-order valence-corrected chi connectivity index (χ0v) is 5.75. The van der Waals surface area contributed by atoms with Crippen LogP contribution in [0.5, 0.6) is 0 Å². The first kappa shape index (κ1) is 3.93. The topological polar surface area (TPSA) is 12.5 Å². The second-order valence-corrected chi connectivity index (χ2v) is 2.32. The minimum absolute atomic E-state index is 0.674. The van der Waals surface area contributed by atoms with Crippen LogP contribution in [0.2, 0.25) is 4.44 Å². The van der Waals surface area contributed by atoms with Gasteiger partial charge in [0, 0.05) is 0 Å². The zero-order valence-electron chi connectivity index (χ0n) is 2.90. The summed E-state index contributed by atoms with van der Waals surface area (Å²) in [6.45, 7) is 1.03. The average Bonchev–Trinajstić information content (AvgIpc) is 2.12. The molecule has 0 N–H and O–H groups in total. The predicted molar refractivity (Wildman–Crippen MR) is 20.3 cm³/mol. The van der Waals surface area contributed by atoms with E-state index in [1.165, 1.54) is 4.44 Å². The van der Waals surface area contributed by atoms with E-state index in [-0.39, 0.29) is 0 Å². The van der Waals surface area contributed by atoms with Crippen molar-refractivity contribution in [1.29, 1.82) is 0 Å². The van der Waals surface area contributed by atoms with Gasteiger partial charge in [0.2, 0.25) is 0 Å². The van der Waals surface area contributed by atoms with E-state index < -0.39 is 0 Å².